The Labute approximate surface area is 556 Å². The fourth-order valence-electron chi connectivity index (χ4n) is 11.2. The van der Waals surface area contributed by atoms with Crippen LogP contribution >= 0.6 is 0 Å². The maximum atomic E-state index is 8.52. The molecule has 0 spiro atoms. The zero-order chi connectivity index (χ0) is 58.0. The van der Waals surface area contributed by atoms with Crippen molar-refractivity contribution in [3.8, 4) is 0 Å². The van der Waals surface area contributed by atoms with Gasteiger partial charge in [-0.15, -0.1) is 0 Å². The van der Waals surface area contributed by atoms with Crippen LogP contribution in [-0.4, -0.2) is 44.0 Å². The largest absolute Gasteiger partial charge is 1.00 e. The van der Waals surface area contributed by atoms with Gasteiger partial charge in [0, 0.05) is 36.8 Å². The Morgan fingerprint density at radius 2 is 0.259 bits per heavy atom. The molecular formula is C72H148Na2O6S. The molecule has 0 aromatic carbocycles. The van der Waals surface area contributed by atoms with E-state index in [-0.39, 0.29) is 59.1 Å². The van der Waals surface area contributed by atoms with E-state index in [4.69, 9.17) is 27.0 Å². The number of hydrogen-bond acceptors (Lipinski definition) is 6. The fraction of sp³-hybridized carbons (Fsp3) is 1.00. The molecule has 0 aliphatic heterocycles. The first-order valence-corrected chi connectivity index (χ1v) is 38.0. The molecule has 0 aliphatic carbocycles. The summed E-state index contributed by atoms with van der Waals surface area (Å²) in [6.45, 7) is 13.2. The molecule has 0 rings (SSSR count). The second kappa shape index (κ2) is 88.2. The summed E-state index contributed by atoms with van der Waals surface area (Å²) in [5.74, 6) is 0. The maximum absolute atomic E-state index is 8.52. The van der Waals surface area contributed by atoms with Gasteiger partial charge in [-0.25, -0.2) is 0 Å². The third kappa shape index (κ3) is 107. The second-order valence-corrected chi connectivity index (χ2v) is 25.7. The molecule has 0 aromatic heterocycles. The first-order valence-electron chi connectivity index (χ1n) is 36.6. The van der Waals surface area contributed by atoms with Gasteiger partial charge in [-0.1, -0.05) is 413 Å². The molecule has 0 N–H and O–H groups in total. The number of ether oxygens (including phenoxy) is 2. The van der Waals surface area contributed by atoms with E-state index in [1.165, 1.54) is 411 Å². The van der Waals surface area contributed by atoms with Crippen LogP contribution in [0.3, 0.4) is 0 Å². The van der Waals surface area contributed by atoms with E-state index in [0.717, 1.165) is 26.4 Å². The molecular weight excluding hydrogens is 1040 g/mol. The van der Waals surface area contributed by atoms with Crippen molar-refractivity contribution in [2.45, 2.75) is 439 Å². The van der Waals surface area contributed by atoms with Gasteiger partial charge in [-0.3, -0.25) is 8.42 Å². The van der Waals surface area contributed by atoms with E-state index in [1.54, 1.807) is 0 Å². The number of hydrogen-bond donors (Lipinski definition) is 0. The summed E-state index contributed by atoms with van der Waals surface area (Å²) >= 11 is 0. The summed E-state index contributed by atoms with van der Waals surface area (Å²) in [6.07, 6.45) is 92.1. The van der Waals surface area contributed by atoms with Gasteiger partial charge in [0.1, 0.15) is 0 Å². The van der Waals surface area contributed by atoms with Crippen molar-refractivity contribution in [2.24, 2.45) is 0 Å². The van der Waals surface area contributed by atoms with Crippen molar-refractivity contribution in [3.05, 3.63) is 0 Å². The molecule has 0 bridgehead atoms. The minimum atomic E-state index is -5.17. The monoisotopic (exact) mass is 1190 g/mol. The van der Waals surface area contributed by atoms with Gasteiger partial charge in [0.05, 0.1) is 0 Å². The first-order chi connectivity index (χ1) is 38.8. The Morgan fingerprint density at radius 3 is 0.346 bits per heavy atom. The van der Waals surface area contributed by atoms with Gasteiger partial charge >= 0.3 is 59.1 Å². The van der Waals surface area contributed by atoms with Gasteiger partial charge in [0.2, 0.25) is 0 Å². The molecule has 0 radical (unpaired) electrons. The standard InChI is InChI=1S/2C36H74O.2Na.H2O4S/c2*1-3-5-7-9-11-13-15-17-19-21-23-25-27-29-31-33-35-37-36-34-32-30-28-26-24-22-20-18-16-14-12-10-8-6-4-2;;;1-5(2,3)4/h2*3-36H2,1-2H3;;;(H2,1,2,3,4)/q;;2*+1;/p-2. The summed E-state index contributed by atoms with van der Waals surface area (Å²) in [5, 5.41) is 0. The van der Waals surface area contributed by atoms with Crippen molar-refractivity contribution < 1.29 is 86.1 Å². The first kappa shape index (κ1) is 91.5. The van der Waals surface area contributed by atoms with Crippen LogP contribution in [0.1, 0.15) is 439 Å². The van der Waals surface area contributed by atoms with E-state index >= 15 is 0 Å². The van der Waals surface area contributed by atoms with E-state index in [0.29, 0.717) is 0 Å². The molecule has 6 nitrogen and oxygen atoms in total. The second-order valence-electron chi connectivity index (χ2n) is 24.8. The molecule has 81 heavy (non-hydrogen) atoms. The topological polar surface area (TPSA) is 98.7 Å². The van der Waals surface area contributed by atoms with Gasteiger partial charge in [0.15, 0.2) is 0 Å². The molecule has 0 saturated heterocycles. The summed E-state index contributed by atoms with van der Waals surface area (Å²) < 4.78 is 45.8. The van der Waals surface area contributed by atoms with Crippen LogP contribution in [0, 0.1) is 0 Å². The van der Waals surface area contributed by atoms with Gasteiger partial charge in [-0.2, -0.15) is 0 Å². The van der Waals surface area contributed by atoms with E-state index in [9.17, 15) is 0 Å². The van der Waals surface area contributed by atoms with Crippen molar-refractivity contribution in [1.29, 1.82) is 0 Å². The normalized spacial score (nSPS) is 11.2. The Morgan fingerprint density at radius 1 is 0.185 bits per heavy atom. The van der Waals surface area contributed by atoms with Gasteiger partial charge in [-0.05, 0) is 25.7 Å². The van der Waals surface area contributed by atoms with E-state index in [2.05, 4.69) is 27.7 Å². The quantitative estimate of drug-likeness (QED) is 0.0260. The van der Waals surface area contributed by atoms with E-state index < -0.39 is 10.4 Å². The van der Waals surface area contributed by atoms with Crippen molar-refractivity contribution in [3.63, 3.8) is 0 Å². The maximum Gasteiger partial charge on any atom is 1.00 e. The van der Waals surface area contributed by atoms with Crippen molar-refractivity contribution in [1.82, 2.24) is 0 Å². The Balaban J connectivity index is -0.000000428. The average molecular weight is 1190 g/mol. The molecule has 0 aliphatic rings. The molecule has 480 valence electrons. The zero-order valence-electron chi connectivity index (χ0n) is 56.9. The minimum absolute atomic E-state index is 0. The third-order valence-corrected chi connectivity index (χ3v) is 16.6. The number of rotatable bonds is 68. The molecule has 0 atom stereocenters. The van der Waals surface area contributed by atoms with Crippen LogP contribution in [0.5, 0.6) is 0 Å². The summed E-state index contributed by atoms with van der Waals surface area (Å²) in [4.78, 5) is 0. The molecule has 0 fully saturated rings. The van der Waals surface area contributed by atoms with Crippen LogP contribution in [0.4, 0.5) is 0 Å². The zero-order valence-corrected chi connectivity index (χ0v) is 61.8. The Hall–Kier alpha value is 1.79. The molecule has 0 aromatic rings. The molecule has 0 amide bonds. The Kier molecular flexibility index (Phi) is 99.7. The molecule has 9 heteroatoms. The van der Waals surface area contributed by atoms with Crippen LogP contribution in [-0.2, 0) is 19.9 Å². The van der Waals surface area contributed by atoms with Crippen LogP contribution < -0.4 is 59.1 Å². The van der Waals surface area contributed by atoms with Crippen LogP contribution in [0.15, 0.2) is 0 Å². The van der Waals surface area contributed by atoms with Gasteiger partial charge < -0.3 is 18.6 Å². The smallest absolute Gasteiger partial charge is 0.759 e. The summed E-state index contributed by atoms with van der Waals surface area (Å²) in [5.41, 5.74) is 0. The predicted molar refractivity (Wildman–Crippen MR) is 350 cm³/mol. The summed E-state index contributed by atoms with van der Waals surface area (Å²) in [7, 11) is -5.17. The molecule has 0 saturated carbocycles. The van der Waals surface area contributed by atoms with Crippen molar-refractivity contribution >= 4 is 10.4 Å². The average Bonchev–Trinajstić information content (AvgIpc) is 3.43. The van der Waals surface area contributed by atoms with Gasteiger partial charge in [0.25, 0.3) is 0 Å². The summed E-state index contributed by atoms with van der Waals surface area (Å²) in [6, 6.07) is 0. The van der Waals surface area contributed by atoms with Crippen LogP contribution in [0.2, 0.25) is 0 Å². The third-order valence-electron chi connectivity index (χ3n) is 16.6. The predicted octanol–water partition coefficient (Wildman–Crippen LogP) is 19.7. The molecule has 0 heterocycles. The van der Waals surface area contributed by atoms with Crippen molar-refractivity contribution in [2.75, 3.05) is 26.4 Å². The van der Waals surface area contributed by atoms with E-state index in [1.807, 2.05) is 0 Å². The minimum Gasteiger partial charge on any atom is -0.759 e. The Bertz CT molecular complexity index is 969. The fourth-order valence-corrected chi connectivity index (χ4v) is 11.2. The number of unbranched alkanes of at least 4 members (excludes halogenated alkanes) is 60. The molecule has 0 unspecified atom stereocenters. The van der Waals surface area contributed by atoms with Crippen LogP contribution in [0.25, 0.3) is 0 Å². The SMILES string of the molecule is CCCCCCCCCCCCCCCCCCOCCCCCCCCCCCCCCCCCC.CCCCCCCCCCCCCCCCCCOCCCCCCCCCCCCCCCCCC.O=S(=O)([O-])[O-].[Na+].[Na+].